The standard InChI is InChI=1S/C20H30OSi/c1-4-18(16-21)20(15-17-11-7-5-8-12-17)22(2,3)19-13-9-6-10-14-19/h6,9-10,13-16,18,20H,4-5,7-8,11-12H2,1-3H3/t18-,20-/m0/s1. The molecule has 0 bridgehead atoms. The molecule has 1 aromatic rings. The summed E-state index contributed by atoms with van der Waals surface area (Å²) in [6.45, 7) is 7.01. The summed E-state index contributed by atoms with van der Waals surface area (Å²) in [6.07, 6.45) is 11.2. The van der Waals surface area contributed by atoms with Gasteiger partial charge in [-0.05, 0) is 37.6 Å². The highest BCUT2D eigenvalue weighted by atomic mass is 28.3. The summed E-state index contributed by atoms with van der Waals surface area (Å²) < 4.78 is 0. The third kappa shape index (κ3) is 3.98. The van der Waals surface area contributed by atoms with Crippen LogP contribution >= 0.6 is 0 Å². The van der Waals surface area contributed by atoms with Gasteiger partial charge in [0, 0.05) is 5.92 Å². The van der Waals surface area contributed by atoms with Crippen LogP contribution in [0.1, 0.15) is 45.4 Å². The molecule has 0 N–H and O–H groups in total. The summed E-state index contributed by atoms with van der Waals surface area (Å²) in [7, 11) is -1.71. The zero-order chi connectivity index (χ0) is 16.0. The molecule has 0 unspecified atom stereocenters. The Morgan fingerprint density at radius 1 is 1.09 bits per heavy atom. The molecule has 0 spiro atoms. The Kier molecular flexibility index (Phi) is 6.19. The second-order valence-corrected chi connectivity index (χ2v) is 11.9. The zero-order valence-electron chi connectivity index (χ0n) is 14.3. The number of rotatable bonds is 6. The lowest BCUT2D eigenvalue weighted by Crippen LogP contribution is -2.48. The summed E-state index contributed by atoms with van der Waals surface area (Å²) in [5, 5.41) is 1.47. The fourth-order valence-electron chi connectivity index (χ4n) is 3.79. The second kappa shape index (κ2) is 7.91. The molecule has 0 aliphatic heterocycles. The molecule has 120 valence electrons. The number of carbonyl (C=O) groups is 1. The molecule has 0 amide bonds. The summed E-state index contributed by atoms with van der Waals surface area (Å²) in [6, 6.07) is 10.9. The van der Waals surface area contributed by atoms with Gasteiger partial charge in [0.1, 0.15) is 6.29 Å². The van der Waals surface area contributed by atoms with Crippen molar-refractivity contribution in [1.82, 2.24) is 0 Å². The van der Waals surface area contributed by atoms with Crippen molar-refractivity contribution in [2.45, 2.75) is 64.1 Å². The van der Waals surface area contributed by atoms with Gasteiger partial charge in [0.2, 0.25) is 0 Å². The van der Waals surface area contributed by atoms with Crippen LogP contribution in [0.15, 0.2) is 42.0 Å². The van der Waals surface area contributed by atoms with Crippen LogP contribution in [0.25, 0.3) is 0 Å². The zero-order valence-corrected chi connectivity index (χ0v) is 15.3. The lowest BCUT2D eigenvalue weighted by atomic mass is 9.92. The van der Waals surface area contributed by atoms with Gasteiger partial charge < -0.3 is 4.79 Å². The molecular weight excluding hydrogens is 284 g/mol. The van der Waals surface area contributed by atoms with Crippen LogP contribution in [0.3, 0.4) is 0 Å². The maximum atomic E-state index is 11.7. The predicted molar refractivity (Wildman–Crippen MR) is 98.3 cm³/mol. The highest BCUT2D eigenvalue weighted by Gasteiger charge is 2.37. The van der Waals surface area contributed by atoms with Crippen molar-refractivity contribution in [2.75, 3.05) is 0 Å². The Morgan fingerprint density at radius 3 is 2.27 bits per heavy atom. The third-order valence-corrected chi connectivity index (χ3v) is 9.45. The molecule has 1 saturated carbocycles. The van der Waals surface area contributed by atoms with E-state index in [1.165, 1.54) is 43.6 Å². The Hall–Kier alpha value is -1.15. The topological polar surface area (TPSA) is 17.1 Å². The molecule has 1 aliphatic rings. The van der Waals surface area contributed by atoms with E-state index in [0.29, 0.717) is 5.54 Å². The second-order valence-electron chi connectivity index (χ2n) is 7.21. The lowest BCUT2D eigenvalue weighted by Gasteiger charge is -2.35. The van der Waals surface area contributed by atoms with E-state index in [4.69, 9.17) is 0 Å². The van der Waals surface area contributed by atoms with E-state index in [1.807, 2.05) is 0 Å². The van der Waals surface area contributed by atoms with E-state index >= 15 is 0 Å². The van der Waals surface area contributed by atoms with Crippen molar-refractivity contribution in [1.29, 1.82) is 0 Å². The number of hydrogen-bond donors (Lipinski definition) is 0. The summed E-state index contributed by atoms with van der Waals surface area (Å²) in [5.74, 6) is 0.163. The number of hydrogen-bond acceptors (Lipinski definition) is 1. The minimum absolute atomic E-state index is 0.163. The Balaban J connectivity index is 2.36. The maximum Gasteiger partial charge on any atom is 0.123 e. The highest BCUT2D eigenvalue weighted by Crippen LogP contribution is 2.36. The van der Waals surface area contributed by atoms with E-state index < -0.39 is 8.07 Å². The Morgan fingerprint density at radius 2 is 1.73 bits per heavy atom. The summed E-state index contributed by atoms with van der Waals surface area (Å²) in [4.78, 5) is 11.7. The average molecular weight is 315 g/mol. The molecule has 1 aliphatic carbocycles. The molecule has 1 fully saturated rings. The van der Waals surface area contributed by atoms with Crippen LogP contribution in [0.5, 0.6) is 0 Å². The maximum absolute atomic E-state index is 11.7. The number of carbonyl (C=O) groups excluding carboxylic acids is 1. The molecule has 22 heavy (non-hydrogen) atoms. The first-order valence-corrected chi connectivity index (χ1v) is 11.9. The average Bonchev–Trinajstić information content (AvgIpc) is 2.57. The van der Waals surface area contributed by atoms with Crippen molar-refractivity contribution in [2.24, 2.45) is 5.92 Å². The summed E-state index contributed by atoms with van der Waals surface area (Å²) >= 11 is 0. The lowest BCUT2D eigenvalue weighted by molar-refractivity contribution is -0.111. The molecule has 1 nitrogen and oxygen atoms in total. The number of aldehydes is 1. The van der Waals surface area contributed by atoms with E-state index in [-0.39, 0.29) is 5.92 Å². The van der Waals surface area contributed by atoms with Crippen molar-refractivity contribution in [3.05, 3.63) is 42.0 Å². The fraction of sp³-hybridized carbons (Fsp3) is 0.550. The largest absolute Gasteiger partial charge is 0.303 e. The van der Waals surface area contributed by atoms with E-state index in [9.17, 15) is 4.79 Å². The first-order valence-electron chi connectivity index (χ1n) is 8.80. The van der Waals surface area contributed by atoms with Crippen molar-refractivity contribution >= 4 is 19.5 Å². The quantitative estimate of drug-likeness (QED) is 0.406. The minimum Gasteiger partial charge on any atom is -0.303 e. The Bertz CT molecular complexity index is 496. The molecule has 1 aromatic carbocycles. The van der Waals surface area contributed by atoms with Crippen LogP contribution in [0.4, 0.5) is 0 Å². The van der Waals surface area contributed by atoms with Gasteiger partial charge in [-0.2, -0.15) is 0 Å². The monoisotopic (exact) mass is 314 g/mol. The van der Waals surface area contributed by atoms with Crippen LogP contribution < -0.4 is 5.19 Å². The third-order valence-electron chi connectivity index (χ3n) is 5.37. The van der Waals surface area contributed by atoms with Crippen molar-refractivity contribution in [3.63, 3.8) is 0 Å². The molecule has 2 atom stereocenters. The van der Waals surface area contributed by atoms with Gasteiger partial charge in [0.05, 0.1) is 8.07 Å². The van der Waals surface area contributed by atoms with Gasteiger partial charge in [0.25, 0.3) is 0 Å². The smallest absolute Gasteiger partial charge is 0.123 e. The van der Waals surface area contributed by atoms with Crippen LogP contribution in [0, 0.1) is 5.92 Å². The van der Waals surface area contributed by atoms with Gasteiger partial charge in [-0.3, -0.25) is 0 Å². The number of benzene rings is 1. The first-order chi connectivity index (χ1) is 10.6. The van der Waals surface area contributed by atoms with Gasteiger partial charge in [-0.1, -0.05) is 73.6 Å². The van der Waals surface area contributed by atoms with E-state index in [1.54, 1.807) is 5.57 Å². The van der Waals surface area contributed by atoms with Crippen LogP contribution in [-0.2, 0) is 4.79 Å². The van der Waals surface area contributed by atoms with Gasteiger partial charge in [-0.25, -0.2) is 0 Å². The van der Waals surface area contributed by atoms with Gasteiger partial charge >= 0.3 is 0 Å². The molecule has 2 rings (SSSR count). The molecule has 0 heterocycles. The first kappa shape index (κ1) is 17.2. The van der Waals surface area contributed by atoms with Crippen molar-refractivity contribution < 1.29 is 4.79 Å². The molecular formula is C20H30OSi. The fourth-order valence-corrected chi connectivity index (χ4v) is 7.26. The van der Waals surface area contributed by atoms with Crippen molar-refractivity contribution in [3.8, 4) is 0 Å². The minimum atomic E-state index is -1.71. The molecule has 0 radical (unpaired) electrons. The number of allylic oxidation sites excluding steroid dienone is 2. The molecule has 0 aromatic heterocycles. The van der Waals surface area contributed by atoms with E-state index in [0.717, 1.165) is 6.42 Å². The predicted octanol–water partition coefficient (Wildman–Crippen LogP) is 5.09. The molecule has 0 saturated heterocycles. The van der Waals surface area contributed by atoms with Gasteiger partial charge in [-0.15, -0.1) is 0 Å². The van der Waals surface area contributed by atoms with E-state index in [2.05, 4.69) is 56.4 Å². The summed E-state index contributed by atoms with van der Waals surface area (Å²) in [5.41, 5.74) is 2.03. The SMILES string of the molecule is CC[C@@H](C=O)[C@H](C=C1CCCCC1)[Si](C)(C)c1ccccc1. The van der Waals surface area contributed by atoms with Crippen LogP contribution in [0.2, 0.25) is 18.6 Å². The molecule has 2 heteroatoms. The highest BCUT2D eigenvalue weighted by molar-refractivity contribution is 6.91. The van der Waals surface area contributed by atoms with Crippen LogP contribution in [-0.4, -0.2) is 14.4 Å². The van der Waals surface area contributed by atoms with Gasteiger partial charge in [0.15, 0.2) is 0 Å². The Labute approximate surface area is 136 Å². The normalized spacial score (nSPS) is 18.6.